The predicted octanol–water partition coefficient (Wildman–Crippen LogP) is 5.75. The Morgan fingerprint density at radius 3 is 2.63 bits per heavy atom. The number of piperidine rings is 1. The third-order valence-electron chi connectivity index (χ3n) is 7.39. The Morgan fingerprint density at radius 2 is 1.83 bits per heavy atom. The molecule has 6 rings (SSSR count). The monoisotopic (exact) mass is 464 g/mol. The molecule has 2 fully saturated rings. The molecule has 2 aliphatic rings. The number of nitrogens with zero attached hydrogens (tertiary/aromatic N) is 4. The third kappa shape index (κ3) is 4.36. The van der Waals surface area contributed by atoms with E-state index in [-0.39, 0.29) is 18.0 Å². The quantitative estimate of drug-likeness (QED) is 0.376. The summed E-state index contributed by atoms with van der Waals surface area (Å²) in [6, 6.07) is 16.6. The van der Waals surface area contributed by atoms with Crippen LogP contribution < -0.4 is 4.74 Å². The second-order valence-electron chi connectivity index (χ2n) is 9.79. The van der Waals surface area contributed by atoms with E-state index in [0.717, 1.165) is 37.8 Å². The van der Waals surface area contributed by atoms with Crippen LogP contribution in [0, 0.1) is 12.8 Å². The number of hydrogen-bond acceptors (Lipinski definition) is 5. The van der Waals surface area contributed by atoms with E-state index in [1.54, 1.807) is 18.5 Å². The van der Waals surface area contributed by atoms with E-state index in [0.29, 0.717) is 23.1 Å². The first-order valence-electron chi connectivity index (χ1n) is 12.3. The smallest absolute Gasteiger partial charge is 0.259 e. The van der Waals surface area contributed by atoms with Gasteiger partial charge in [0.2, 0.25) is 5.88 Å². The van der Waals surface area contributed by atoms with Gasteiger partial charge < -0.3 is 9.64 Å². The fourth-order valence-electron chi connectivity index (χ4n) is 5.78. The number of amides is 1. The van der Waals surface area contributed by atoms with Gasteiger partial charge in [0.05, 0.1) is 6.20 Å². The van der Waals surface area contributed by atoms with Crippen LogP contribution >= 0.6 is 0 Å². The van der Waals surface area contributed by atoms with Gasteiger partial charge in [0.25, 0.3) is 5.91 Å². The van der Waals surface area contributed by atoms with Gasteiger partial charge in [-0.3, -0.25) is 14.8 Å². The van der Waals surface area contributed by atoms with Gasteiger partial charge >= 0.3 is 0 Å². The molecule has 35 heavy (non-hydrogen) atoms. The number of carbonyl (C=O) groups excluding carboxylic acids is 1. The number of pyridine rings is 3. The number of carbonyl (C=O) groups is 1. The molecule has 3 aromatic heterocycles. The maximum Gasteiger partial charge on any atom is 0.259 e. The fraction of sp³-hybridized carbons (Fsp3) is 0.310. The summed E-state index contributed by atoms with van der Waals surface area (Å²) in [6.45, 7) is 1.93. The maximum absolute atomic E-state index is 13.7. The molecule has 176 valence electrons. The van der Waals surface area contributed by atoms with Crippen LogP contribution in [0.3, 0.4) is 0 Å². The van der Waals surface area contributed by atoms with Crippen molar-refractivity contribution in [2.45, 2.75) is 51.1 Å². The zero-order chi connectivity index (χ0) is 23.8. The van der Waals surface area contributed by atoms with Gasteiger partial charge in [0, 0.05) is 41.8 Å². The van der Waals surface area contributed by atoms with E-state index in [2.05, 4.69) is 44.1 Å². The number of ether oxygens (including phenoxy) is 1. The van der Waals surface area contributed by atoms with Crippen LogP contribution in [-0.2, 0) is 6.42 Å². The first-order chi connectivity index (χ1) is 17.1. The van der Waals surface area contributed by atoms with Crippen molar-refractivity contribution in [3.63, 3.8) is 0 Å². The maximum atomic E-state index is 13.7. The van der Waals surface area contributed by atoms with Gasteiger partial charge in [0.1, 0.15) is 11.3 Å². The van der Waals surface area contributed by atoms with E-state index in [1.807, 2.05) is 37.5 Å². The van der Waals surface area contributed by atoms with Crippen molar-refractivity contribution >= 4 is 16.7 Å². The van der Waals surface area contributed by atoms with Crippen LogP contribution in [0.2, 0.25) is 0 Å². The molecule has 5 heterocycles. The SMILES string of the molecule is Cc1ccc(Oc2ncccc2C(=O)N2C3CCC2CC(Cc2ccc4ccncc4c2)C3)cn1. The summed E-state index contributed by atoms with van der Waals surface area (Å²) in [5.74, 6) is 1.52. The lowest BCUT2D eigenvalue weighted by Gasteiger charge is -2.39. The second-order valence-corrected chi connectivity index (χ2v) is 9.79. The normalized spacial score (nSPS) is 21.3. The van der Waals surface area contributed by atoms with Gasteiger partial charge in [-0.2, -0.15) is 0 Å². The average molecular weight is 465 g/mol. The zero-order valence-electron chi connectivity index (χ0n) is 19.8. The summed E-state index contributed by atoms with van der Waals surface area (Å²) in [5.41, 5.74) is 2.78. The van der Waals surface area contributed by atoms with Crippen LogP contribution in [0.15, 0.2) is 73.3 Å². The van der Waals surface area contributed by atoms with Crippen LogP contribution in [0.25, 0.3) is 10.8 Å². The van der Waals surface area contributed by atoms with Gasteiger partial charge in [-0.15, -0.1) is 0 Å². The summed E-state index contributed by atoms with van der Waals surface area (Å²) < 4.78 is 5.98. The van der Waals surface area contributed by atoms with Gasteiger partial charge in [0.15, 0.2) is 0 Å². The molecule has 4 aromatic rings. The molecule has 0 N–H and O–H groups in total. The molecular formula is C29H28N4O2. The Morgan fingerprint density at radius 1 is 0.971 bits per heavy atom. The lowest BCUT2D eigenvalue weighted by Crippen LogP contribution is -2.47. The van der Waals surface area contributed by atoms with Gasteiger partial charge in [-0.05, 0) is 92.3 Å². The molecule has 2 saturated heterocycles. The number of benzene rings is 1. The number of hydrogen-bond donors (Lipinski definition) is 0. The first-order valence-corrected chi connectivity index (χ1v) is 12.3. The minimum absolute atomic E-state index is 0.0240. The summed E-state index contributed by atoms with van der Waals surface area (Å²) in [5, 5.41) is 2.41. The lowest BCUT2D eigenvalue weighted by atomic mass is 9.85. The molecule has 2 atom stereocenters. The molecule has 0 saturated carbocycles. The number of rotatable bonds is 5. The number of fused-ring (bicyclic) bond motifs is 3. The van der Waals surface area contributed by atoms with Crippen molar-refractivity contribution < 1.29 is 9.53 Å². The minimum atomic E-state index is 0.0240. The van der Waals surface area contributed by atoms with E-state index in [4.69, 9.17) is 4.74 Å². The molecule has 6 nitrogen and oxygen atoms in total. The van der Waals surface area contributed by atoms with Crippen LogP contribution in [0.4, 0.5) is 0 Å². The fourth-order valence-corrected chi connectivity index (χ4v) is 5.78. The topological polar surface area (TPSA) is 68.2 Å². The molecule has 0 aliphatic carbocycles. The van der Waals surface area contributed by atoms with Gasteiger partial charge in [-0.1, -0.05) is 12.1 Å². The Kier molecular flexibility index (Phi) is 5.64. The summed E-state index contributed by atoms with van der Waals surface area (Å²) in [7, 11) is 0. The summed E-state index contributed by atoms with van der Waals surface area (Å²) in [6.07, 6.45) is 12.3. The molecule has 2 aliphatic heterocycles. The highest BCUT2D eigenvalue weighted by Gasteiger charge is 2.44. The van der Waals surface area contributed by atoms with Crippen molar-refractivity contribution in [3.05, 3.63) is 90.1 Å². The molecule has 0 radical (unpaired) electrons. The second kappa shape index (κ2) is 9.10. The highest BCUT2D eigenvalue weighted by atomic mass is 16.5. The first kappa shape index (κ1) is 21.7. The van der Waals surface area contributed by atoms with Gasteiger partial charge in [-0.25, -0.2) is 4.98 Å². The summed E-state index contributed by atoms with van der Waals surface area (Å²) >= 11 is 0. The Hall–Kier alpha value is -3.80. The highest BCUT2D eigenvalue weighted by molar-refractivity contribution is 5.97. The minimum Gasteiger partial charge on any atom is -0.437 e. The van der Waals surface area contributed by atoms with Crippen molar-refractivity contribution in [2.75, 3.05) is 0 Å². The van der Waals surface area contributed by atoms with Crippen LogP contribution in [0.5, 0.6) is 11.6 Å². The van der Waals surface area contributed by atoms with Crippen molar-refractivity contribution in [1.82, 2.24) is 19.9 Å². The Labute approximate surface area is 205 Å². The largest absolute Gasteiger partial charge is 0.437 e. The molecule has 2 bridgehead atoms. The van der Waals surface area contributed by atoms with Crippen molar-refractivity contribution in [1.29, 1.82) is 0 Å². The number of aryl methyl sites for hydroxylation is 1. The van der Waals surface area contributed by atoms with Crippen LogP contribution in [-0.4, -0.2) is 37.8 Å². The van der Waals surface area contributed by atoms with Crippen molar-refractivity contribution in [3.8, 4) is 11.6 Å². The van der Waals surface area contributed by atoms with Crippen molar-refractivity contribution in [2.24, 2.45) is 5.92 Å². The number of aromatic nitrogens is 3. The molecule has 6 heteroatoms. The van der Waals surface area contributed by atoms with E-state index in [1.165, 1.54) is 16.3 Å². The average Bonchev–Trinajstić information content (AvgIpc) is 3.15. The van der Waals surface area contributed by atoms with E-state index in [9.17, 15) is 4.79 Å². The van der Waals surface area contributed by atoms with Crippen LogP contribution in [0.1, 0.15) is 47.3 Å². The molecular weight excluding hydrogens is 436 g/mol. The van der Waals surface area contributed by atoms with E-state index < -0.39 is 0 Å². The third-order valence-corrected chi connectivity index (χ3v) is 7.39. The summed E-state index contributed by atoms with van der Waals surface area (Å²) in [4.78, 5) is 28.8. The Bertz CT molecular complexity index is 1360. The van der Waals surface area contributed by atoms with E-state index >= 15 is 0 Å². The standard InChI is InChI=1S/C29H28N4O2/c1-19-4-9-26(18-32-19)35-28-27(3-2-11-31-28)29(34)33-24-7-8-25(33)16-21(15-24)13-20-5-6-22-10-12-30-17-23(22)14-20/h2-6,9-12,14,17-18,21,24-25H,7-8,13,15-16H2,1H3. The predicted molar refractivity (Wildman–Crippen MR) is 134 cm³/mol. The molecule has 2 unspecified atom stereocenters. The molecule has 1 aromatic carbocycles. The molecule has 0 spiro atoms. The highest BCUT2D eigenvalue weighted by Crippen LogP contribution is 2.41. The lowest BCUT2D eigenvalue weighted by molar-refractivity contribution is 0.0521. The zero-order valence-corrected chi connectivity index (χ0v) is 19.8. The Balaban J connectivity index is 1.18. The molecule has 1 amide bonds.